The van der Waals surface area contributed by atoms with E-state index in [2.05, 4.69) is 15.5 Å². The number of nitrogens with one attached hydrogen (secondary N) is 1. The Balaban J connectivity index is 1.51. The Morgan fingerprint density at radius 3 is 2.74 bits per heavy atom. The first-order chi connectivity index (χ1) is 13.1. The molecule has 1 unspecified atom stereocenters. The molecule has 6 heteroatoms. The molecule has 0 spiro atoms. The van der Waals surface area contributed by atoms with Crippen LogP contribution in [0.1, 0.15) is 35.9 Å². The Hall–Kier alpha value is -3.15. The summed E-state index contributed by atoms with van der Waals surface area (Å²) in [5, 5.41) is 7.07. The van der Waals surface area contributed by atoms with Crippen molar-refractivity contribution >= 4 is 11.7 Å². The fourth-order valence-electron chi connectivity index (χ4n) is 3.38. The molecule has 3 aromatic rings. The van der Waals surface area contributed by atoms with Gasteiger partial charge < -0.3 is 14.7 Å². The van der Waals surface area contributed by atoms with Crippen LogP contribution in [0.3, 0.4) is 0 Å². The van der Waals surface area contributed by atoms with Crippen molar-refractivity contribution in [2.45, 2.75) is 32.7 Å². The molecule has 6 nitrogen and oxygen atoms in total. The average molecular weight is 362 g/mol. The molecule has 1 aliphatic rings. The monoisotopic (exact) mass is 362 g/mol. The van der Waals surface area contributed by atoms with Gasteiger partial charge in [0, 0.05) is 17.8 Å². The van der Waals surface area contributed by atoms with E-state index in [0.717, 1.165) is 29.7 Å². The largest absolute Gasteiger partial charge is 0.337 e. The summed E-state index contributed by atoms with van der Waals surface area (Å²) in [6, 6.07) is 15.4. The van der Waals surface area contributed by atoms with Crippen molar-refractivity contribution in [2.75, 3.05) is 11.9 Å². The van der Waals surface area contributed by atoms with Crippen molar-refractivity contribution in [3.63, 3.8) is 0 Å². The average Bonchev–Trinajstić information content (AvgIpc) is 3.31. The van der Waals surface area contributed by atoms with E-state index < -0.39 is 0 Å². The molecule has 27 heavy (non-hydrogen) atoms. The molecule has 4 rings (SSSR count). The SMILES string of the molecule is Cc1ccc(-c2noc(C3CCCN3C(=O)Nc3cccc(C)c3)n2)cc1. The number of amides is 2. The van der Waals surface area contributed by atoms with Crippen molar-refractivity contribution < 1.29 is 9.32 Å². The third-order valence-electron chi connectivity index (χ3n) is 4.82. The van der Waals surface area contributed by atoms with Gasteiger partial charge in [-0.15, -0.1) is 0 Å². The summed E-state index contributed by atoms with van der Waals surface area (Å²) in [7, 11) is 0. The predicted molar refractivity (Wildman–Crippen MR) is 103 cm³/mol. The van der Waals surface area contributed by atoms with E-state index >= 15 is 0 Å². The number of aryl methyl sites for hydroxylation is 2. The number of likely N-dealkylation sites (tertiary alicyclic amines) is 1. The highest BCUT2D eigenvalue weighted by atomic mass is 16.5. The lowest BCUT2D eigenvalue weighted by molar-refractivity contribution is 0.193. The first kappa shape index (κ1) is 17.3. The Morgan fingerprint density at radius 1 is 1.15 bits per heavy atom. The number of aromatic nitrogens is 2. The Kier molecular flexibility index (Phi) is 4.62. The van der Waals surface area contributed by atoms with Gasteiger partial charge >= 0.3 is 6.03 Å². The highest BCUT2D eigenvalue weighted by molar-refractivity contribution is 5.89. The summed E-state index contributed by atoms with van der Waals surface area (Å²) >= 11 is 0. The smallest absolute Gasteiger partial charge is 0.322 e. The topological polar surface area (TPSA) is 71.3 Å². The second-order valence-corrected chi connectivity index (χ2v) is 6.97. The van der Waals surface area contributed by atoms with Gasteiger partial charge in [0.1, 0.15) is 6.04 Å². The molecular weight excluding hydrogens is 340 g/mol. The summed E-state index contributed by atoms with van der Waals surface area (Å²) in [4.78, 5) is 19.1. The molecule has 1 N–H and O–H groups in total. The number of hydrogen-bond donors (Lipinski definition) is 1. The van der Waals surface area contributed by atoms with Gasteiger partial charge in [0.05, 0.1) is 0 Å². The van der Waals surface area contributed by atoms with E-state index in [-0.39, 0.29) is 12.1 Å². The lowest BCUT2D eigenvalue weighted by atomic mass is 10.1. The number of anilines is 1. The van der Waals surface area contributed by atoms with Crippen LogP contribution in [0.25, 0.3) is 11.4 Å². The van der Waals surface area contributed by atoms with Crippen molar-refractivity contribution in [1.82, 2.24) is 15.0 Å². The minimum atomic E-state index is -0.193. The molecule has 2 heterocycles. The zero-order valence-corrected chi connectivity index (χ0v) is 15.5. The number of urea groups is 1. The summed E-state index contributed by atoms with van der Waals surface area (Å²) in [6.45, 7) is 4.71. The standard InChI is InChI=1S/C21H22N4O2/c1-14-8-10-16(11-9-14)19-23-20(27-24-19)18-7-4-12-25(18)21(26)22-17-6-3-5-15(2)13-17/h3,5-6,8-11,13,18H,4,7,12H2,1-2H3,(H,22,26). The molecule has 1 aromatic heterocycles. The zero-order chi connectivity index (χ0) is 18.8. The lowest BCUT2D eigenvalue weighted by Gasteiger charge is -2.22. The fourth-order valence-corrected chi connectivity index (χ4v) is 3.38. The third-order valence-corrected chi connectivity index (χ3v) is 4.82. The van der Waals surface area contributed by atoms with E-state index in [9.17, 15) is 4.79 Å². The van der Waals surface area contributed by atoms with Crippen LogP contribution in [0.15, 0.2) is 53.1 Å². The number of hydrogen-bond acceptors (Lipinski definition) is 4. The van der Waals surface area contributed by atoms with Crippen molar-refractivity contribution in [2.24, 2.45) is 0 Å². The molecule has 0 bridgehead atoms. The second-order valence-electron chi connectivity index (χ2n) is 6.97. The molecule has 2 aromatic carbocycles. The van der Waals surface area contributed by atoms with Gasteiger partial charge in [-0.2, -0.15) is 4.98 Å². The lowest BCUT2D eigenvalue weighted by Crippen LogP contribution is -2.34. The van der Waals surface area contributed by atoms with Gasteiger partial charge in [0.2, 0.25) is 11.7 Å². The first-order valence-electron chi connectivity index (χ1n) is 9.15. The van der Waals surface area contributed by atoms with Crippen LogP contribution < -0.4 is 5.32 Å². The van der Waals surface area contributed by atoms with E-state index in [0.29, 0.717) is 18.3 Å². The number of rotatable bonds is 3. The van der Waals surface area contributed by atoms with Crippen molar-refractivity contribution in [3.05, 3.63) is 65.5 Å². The van der Waals surface area contributed by atoms with E-state index in [1.54, 1.807) is 4.90 Å². The van der Waals surface area contributed by atoms with Crippen LogP contribution in [-0.2, 0) is 0 Å². The number of nitrogens with zero attached hydrogens (tertiary/aromatic N) is 3. The molecule has 0 radical (unpaired) electrons. The normalized spacial score (nSPS) is 16.5. The van der Waals surface area contributed by atoms with Crippen LogP contribution in [-0.4, -0.2) is 27.6 Å². The molecule has 2 amide bonds. The van der Waals surface area contributed by atoms with E-state index in [1.165, 1.54) is 5.56 Å². The van der Waals surface area contributed by atoms with E-state index in [4.69, 9.17) is 4.52 Å². The predicted octanol–water partition coefficient (Wildman–Crippen LogP) is 4.72. The molecule has 1 atom stereocenters. The minimum absolute atomic E-state index is 0.141. The summed E-state index contributed by atoms with van der Waals surface area (Å²) in [5.74, 6) is 1.04. The van der Waals surface area contributed by atoms with Crippen LogP contribution in [0.2, 0.25) is 0 Å². The zero-order valence-electron chi connectivity index (χ0n) is 15.5. The van der Waals surface area contributed by atoms with Gasteiger partial charge in [-0.05, 0) is 44.4 Å². The molecule has 138 valence electrons. The van der Waals surface area contributed by atoms with Gasteiger partial charge in [-0.25, -0.2) is 4.79 Å². The highest BCUT2D eigenvalue weighted by Gasteiger charge is 2.34. The Morgan fingerprint density at radius 2 is 1.96 bits per heavy atom. The van der Waals surface area contributed by atoms with E-state index in [1.807, 2.05) is 62.4 Å². The Bertz CT molecular complexity index is 949. The maximum Gasteiger partial charge on any atom is 0.322 e. The first-order valence-corrected chi connectivity index (χ1v) is 9.15. The summed E-state index contributed by atoms with van der Waals surface area (Å²) in [6.07, 6.45) is 1.73. The van der Waals surface area contributed by atoms with Gasteiger partial charge in [-0.1, -0.05) is 47.1 Å². The van der Waals surface area contributed by atoms with Crippen LogP contribution in [0.5, 0.6) is 0 Å². The fraction of sp³-hybridized carbons (Fsp3) is 0.286. The van der Waals surface area contributed by atoms with Gasteiger partial charge in [-0.3, -0.25) is 0 Å². The van der Waals surface area contributed by atoms with Gasteiger partial charge in [0.25, 0.3) is 0 Å². The Labute approximate surface area is 158 Å². The molecule has 0 saturated carbocycles. The van der Waals surface area contributed by atoms with Crippen LogP contribution in [0.4, 0.5) is 10.5 Å². The minimum Gasteiger partial charge on any atom is -0.337 e. The molecule has 1 saturated heterocycles. The number of carbonyl (C=O) groups is 1. The quantitative estimate of drug-likeness (QED) is 0.732. The summed E-state index contributed by atoms with van der Waals surface area (Å²) in [5.41, 5.74) is 3.98. The molecule has 1 aliphatic heterocycles. The number of carbonyl (C=O) groups excluding carboxylic acids is 1. The molecule has 0 aliphatic carbocycles. The maximum absolute atomic E-state index is 12.7. The second kappa shape index (κ2) is 7.23. The third kappa shape index (κ3) is 3.69. The van der Waals surface area contributed by atoms with Crippen molar-refractivity contribution in [3.8, 4) is 11.4 Å². The van der Waals surface area contributed by atoms with Crippen LogP contribution >= 0.6 is 0 Å². The number of benzene rings is 2. The molecule has 1 fully saturated rings. The highest BCUT2D eigenvalue weighted by Crippen LogP contribution is 2.32. The van der Waals surface area contributed by atoms with Gasteiger partial charge in [0.15, 0.2) is 0 Å². The summed E-state index contributed by atoms with van der Waals surface area (Å²) < 4.78 is 5.50. The van der Waals surface area contributed by atoms with Crippen molar-refractivity contribution in [1.29, 1.82) is 0 Å². The maximum atomic E-state index is 12.7. The molecular formula is C21H22N4O2. The van der Waals surface area contributed by atoms with Crippen LogP contribution in [0, 0.1) is 13.8 Å².